The van der Waals surface area contributed by atoms with Crippen molar-refractivity contribution in [3.8, 4) is 0 Å². The molecule has 22 heavy (non-hydrogen) atoms. The average molecular weight is 338 g/mol. The zero-order chi connectivity index (χ0) is 15.9. The van der Waals surface area contributed by atoms with E-state index in [9.17, 15) is 13.2 Å². The maximum absolute atomic E-state index is 12.1. The predicted molar refractivity (Wildman–Crippen MR) is 88.9 cm³/mol. The van der Waals surface area contributed by atoms with Crippen molar-refractivity contribution in [3.63, 3.8) is 0 Å². The van der Waals surface area contributed by atoms with Gasteiger partial charge in [0.25, 0.3) is 5.91 Å². The monoisotopic (exact) mass is 338 g/mol. The highest BCUT2D eigenvalue weighted by Gasteiger charge is 2.47. The lowest BCUT2D eigenvalue weighted by atomic mass is 10.1. The van der Waals surface area contributed by atoms with Gasteiger partial charge in [0, 0.05) is 12.3 Å². The molecule has 5 nitrogen and oxygen atoms in total. The van der Waals surface area contributed by atoms with Gasteiger partial charge < -0.3 is 4.90 Å². The van der Waals surface area contributed by atoms with Crippen LogP contribution in [0.1, 0.15) is 11.1 Å². The third-order valence-electron chi connectivity index (χ3n) is 3.99. The maximum atomic E-state index is 12.1. The van der Waals surface area contributed by atoms with Crippen molar-refractivity contribution in [2.45, 2.75) is 24.6 Å². The number of hydrogen-bond acceptors (Lipinski definition) is 4. The molecule has 0 N–H and O–H groups in total. The largest absolute Gasteiger partial charge is 0.349 e. The number of hydrogen-bond donors (Lipinski definition) is 0. The summed E-state index contributed by atoms with van der Waals surface area (Å²) >= 11 is 1.41. The highest BCUT2D eigenvalue weighted by atomic mass is 32.2. The molecule has 2 fully saturated rings. The van der Waals surface area contributed by atoms with Crippen LogP contribution in [0.25, 0.3) is 0 Å². The summed E-state index contributed by atoms with van der Waals surface area (Å²) in [6.45, 7) is 1.99. The van der Waals surface area contributed by atoms with Gasteiger partial charge >= 0.3 is 0 Å². The molecule has 1 aromatic rings. The Morgan fingerprint density at radius 3 is 2.86 bits per heavy atom. The second-order valence-electron chi connectivity index (χ2n) is 5.87. The van der Waals surface area contributed by atoms with Crippen LogP contribution < -0.4 is 0 Å². The minimum atomic E-state index is -2.95. The smallest absolute Gasteiger partial charge is 0.252 e. The molecule has 2 aliphatic rings. The van der Waals surface area contributed by atoms with Gasteiger partial charge in [0.2, 0.25) is 0 Å². The predicted octanol–water partition coefficient (Wildman–Crippen LogP) is 1.26. The van der Waals surface area contributed by atoms with Crippen molar-refractivity contribution in [1.29, 1.82) is 0 Å². The van der Waals surface area contributed by atoms with E-state index in [0.29, 0.717) is 5.17 Å². The molecule has 2 atom stereocenters. The van der Waals surface area contributed by atoms with Gasteiger partial charge in [-0.1, -0.05) is 41.6 Å². The van der Waals surface area contributed by atoms with Gasteiger partial charge in [-0.15, -0.1) is 0 Å². The first-order valence-corrected chi connectivity index (χ1v) is 9.81. The molecule has 0 radical (unpaired) electrons. The number of aliphatic imine (C=N–C) groups is 1. The van der Waals surface area contributed by atoms with Crippen molar-refractivity contribution in [2.24, 2.45) is 4.99 Å². The number of fused-ring (bicyclic) bond motifs is 1. The summed E-state index contributed by atoms with van der Waals surface area (Å²) in [6.07, 6.45) is 0.271. The number of carbonyl (C=O) groups excluding carboxylic acids is 1. The normalized spacial score (nSPS) is 28.1. The molecule has 1 amide bonds. The number of amidine groups is 1. The zero-order valence-electron chi connectivity index (χ0n) is 12.5. The van der Waals surface area contributed by atoms with Gasteiger partial charge in [-0.25, -0.2) is 8.42 Å². The summed E-state index contributed by atoms with van der Waals surface area (Å²) in [5.74, 6) is 0.145. The molecule has 0 aromatic heterocycles. The molecule has 1 aromatic carbocycles. The maximum Gasteiger partial charge on any atom is 0.252 e. The Morgan fingerprint density at radius 1 is 1.41 bits per heavy atom. The molecule has 2 aliphatic heterocycles. The highest BCUT2D eigenvalue weighted by molar-refractivity contribution is 8.15. The summed E-state index contributed by atoms with van der Waals surface area (Å²) in [4.78, 5) is 18.2. The molecule has 2 saturated heterocycles. The van der Waals surface area contributed by atoms with Crippen LogP contribution in [0.2, 0.25) is 0 Å². The fraction of sp³-hybridized carbons (Fsp3) is 0.467. The van der Waals surface area contributed by atoms with Crippen molar-refractivity contribution in [1.82, 2.24) is 4.90 Å². The van der Waals surface area contributed by atoms with Gasteiger partial charge in [-0.2, -0.15) is 4.99 Å². The Balaban J connectivity index is 1.70. The van der Waals surface area contributed by atoms with Crippen molar-refractivity contribution >= 4 is 32.7 Å². The van der Waals surface area contributed by atoms with Gasteiger partial charge in [-0.05, 0) is 12.5 Å². The average Bonchev–Trinajstić information content (AvgIpc) is 2.84. The van der Waals surface area contributed by atoms with Gasteiger partial charge in [-0.3, -0.25) is 4.79 Å². The standard InChI is InChI=1S/C15H18N2O3S2/c1-10-4-3-5-11(6-10)7-14(18)16-15-17(2)12-8-22(19,20)9-13(12)21-15/h3-6,12-13H,7-9H2,1-2H3/t12-,13-/m1/s1. The lowest BCUT2D eigenvalue weighted by molar-refractivity contribution is -0.117. The summed E-state index contributed by atoms with van der Waals surface area (Å²) in [7, 11) is -1.13. The van der Waals surface area contributed by atoms with E-state index in [1.807, 2.05) is 43.1 Å². The van der Waals surface area contributed by atoms with E-state index in [1.54, 1.807) is 0 Å². The highest BCUT2D eigenvalue weighted by Crippen LogP contribution is 2.36. The molecule has 0 unspecified atom stereocenters. The molecular weight excluding hydrogens is 320 g/mol. The molecule has 0 aliphatic carbocycles. The first-order chi connectivity index (χ1) is 10.3. The van der Waals surface area contributed by atoms with Crippen molar-refractivity contribution < 1.29 is 13.2 Å². The molecule has 0 saturated carbocycles. The van der Waals surface area contributed by atoms with Crippen LogP contribution in [0.15, 0.2) is 29.3 Å². The van der Waals surface area contributed by atoms with Crippen molar-refractivity contribution in [3.05, 3.63) is 35.4 Å². The summed E-state index contributed by atoms with van der Waals surface area (Å²) in [5.41, 5.74) is 2.06. The minimum Gasteiger partial charge on any atom is -0.349 e. The Kier molecular flexibility index (Phi) is 4.03. The number of sulfone groups is 1. The third-order valence-corrected chi connectivity index (χ3v) is 7.29. The molecular formula is C15H18N2O3S2. The number of thioether (sulfide) groups is 1. The Hall–Kier alpha value is -1.34. The van der Waals surface area contributed by atoms with Crippen molar-refractivity contribution in [2.75, 3.05) is 18.6 Å². The summed E-state index contributed by atoms with van der Waals surface area (Å²) in [5, 5.41) is 0.642. The zero-order valence-corrected chi connectivity index (χ0v) is 14.2. The van der Waals surface area contributed by atoms with E-state index in [2.05, 4.69) is 4.99 Å². The molecule has 0 bridgehead atoms. The van der Waals surface area contributed by atoms with E-state index in [0.717, 1.165) is 11.1 Å². The molecule has 0 spiro atoms. The first kappa shape index (κ1) is 15.6. The molecule has 118 valence electrons. The van der Waals surface area contributed by atoms with Gasteiger partial charge in [0.15, 0.2) is 15.0 Å². The van der Waals surface area contributed by atoms with E-state index >= 15 is 0 Å². The lowest BCUT2D eigenvalue weighted by Gasteiger charge is -2.17. The van der Waals surface area contributed by atoms with Crippen LogP contribution in [0.5, 0.6) is 0 Å². The van der Waals surface area contributed by atoms with Crippen LogP contribution in [0.4, 0.5) is 0 Å². The van der Waals surface area contributed by atoms with Crippen LogP contribution >= 0.6 is 11.8 Å². The number of amides is 1. The Labute approximate surface area is 134 Å². The number of benzene rings is 1. The number of aryl methyl sites for hydroxylation is 1. The van der Waals surface area contributed by atoms with E-state index in [-0.39, 0.29) is 35.1 Å². The fourth-order valence-corrected chi connectivity index (χ4v) is 6.89. The number of rotatable bonds is 2. The van der Waals surface area contributed by atoms with Crippen LogP contribution in [-0.2, 0) is 21.1 Å². The fourth-order valence-electron chi connectivity index (χ4n) is 2.88. The topological polar surface area (TPSA) is 66.8 Å². The van der Waals surface area contributed by atoms with Crippen LogP contribution in [0, 0.1) is 6.92 Å². The lowest BCUT2D eigenvalue weighted by Crippen LogP contribution is -2.34. The van der Waals surface area contributed by atoms with Gasteiger partial charge in [0.05, 0.1) is 24.0 Å². The second-order valence-corrected chi connectivity index (χ2v) is 9.23. The third kappa shape index (κ3) is 3.20. The number of carbonyl (C=O) groups is 1. The van der Waals surface area contributed by atoms with Crippen LogP contribution in [-0.4, -0.2) is 54.2 Å². The Morgan fingerprint density at radius 2 is 2.18 bits per heavy atom. The Bertz CT molecular complexity index is 743. The van der Waals surface area contributed by atoms with E-state index in [1.165, 1.54) is 11.8 Å². The summed E-state index contributed by atoms with van der Waals surface area (Å²) < 4.78 is 23.3. The SMILES string of the molecule is Cc1cccc(CC(=O)N=C2S[C@@H]3CS(=O)(=O)C[C@H]3N2C)c1. The molecule has 3 rings (SSSR count). The van der Waals surface area contributed by atoms with E-state index < -0.39 is 9.84 Å². The molecule has 7 heteroatoms. The second kappa shape index (κ2) is 5.70. The summed E-state index contributed by atoms with van der Waals surface area (Å²) in [6, 6.07) is 7.75. The van der Waals surface area contributed by atoms with Gasteiger partial charge in [0.1, 0.15) is 0 Å². The first-order valence-electron chi connectivity index (χ1n) is 7.11. The number of nitrogens with zero attached hydrogens (tertiary/aromatic N) is 2. The van der Waals surface area contributed by atoms with Crippen LogP contribution in [0.3, 0.4) is 0 Å². The minimum absolute atomic E-state index is 0.000481. The van der Waals surface area contributed by atoms with E-state index in [4.69, 9.17) is 0 Å². The molecule has 2 heterocycles. The quantitative estimate of drug-likeness (QED) is 0.812.